The predicted molar refractivity (Wildman–Crippen MR) is 190 cm³/mol. The molecule has 1 atom stereocenters. The molecular formula is C41H46N4O2. The van der Waals surface area contributed by atoms with E-state index in [0.29, 0.717) is 25.7 Å². The number of rotatable bonds is 10. The van der Waals surface area contributed by atoms with Gasteiger partial charge < -0.3 is 18.9 Å². The number of aromatic nitrogens is 2. The molecule has 7 rings (SSSR count). The summed E-state index contributed by atoms with van der Waals surface area (Å²) >= 11 is 0. The van der Waals surface area contributed by atoms with E-state index in [1.807, 2.05) is 0 Å². The molecule has 0 N–H and O–H groups in total. The Labute approximate surface area is 279 Å². The molecule has 2 saturated heterocycles. The van der Waals surface area contributed by atoms with Crippen molar-refractivity contribution in [3.63, 3.8) is 0 Å². The fourth-order valence-corrected chi connectivity index (χ4v) is 7.25. The van der Waals surface area contributed by atoms with Crippen molar-refractivity contribution >= 4 is 5.69 Å². The molecular weight excluding hydrogens is 580 g/mol. The number of para-hydroxylation sites is 1. The Morgan fingerprint density at radius 2 is 1.28 bits per heavy atom. The summed E-state index contributed by atoms with van der Waals surface area (Å²) in [6, 6.07) is 42.4. The molecule has 0 saturated carbocycles. The van der Waals surface area contributed by atoms with Crippen LogP contribution in [-0.4, -0.2) is 60.4 Å². The van der Waals surface area contributed by atoms with E-state index < -0.39 is 6.29 Å². The Morgan fingerprint density at radius 3 is 1.87 bits per heavy atom. The molecule has 0 aliphatic carbocycles. The zero-order valence-electron chi connectivity index (χ0n) is 27.7. The van der Waals surface area contributed by atoms with Crippen LogP contribution in [0.4, 0.5) is 5.69 Å². The molecule has 4 aromatic carbocycles. The summed E-state index contributed by atoms with van der Waals surface area (Å²) in [5, 5.41) is 0. The summed E-state index contributed by atoms with van der Waals surface area (Å²) in [6.07, 6.45) is 0.546. The third-order valence-corrected chi connectivity index (χ3v) is 10.1. The smallest absolute Gasteiger partial charge is 0.217 e. The first-order chi connectivity index (χ1) is 23.1. The van der Waals surface area contributed by atoms with Crippen LogP contribution in [0.5, 0.6) is 0 Å². The van der Waals surface area contributed by atoms with Crippen LogP contribution < -0.4 is 4.90 Å². The van der Waals surface area contributed by atoms with Crippen LogP contribution in [0.25, 0.3) is 22.5 Å². The highest BCUT2D eigenvalue weighted by Gasteiger charge is 2.42. The second-order valence-electron chi connectivity index (χ2n) is 13.3. The van der Waals surface area contributed by atoms with Crippen molar-refractivity contribution in [2.24, 2.45) is 11.3 Å². The van der Waals surface area contributed by atoms with Crippen molar-refractivity contribution in [2.75, 3.05) is 50.8 Å². The maximum Gasteiger partial charge on any atom is 0.217 e. The van der Waals surface area contributed by atoms with Crippen molar-refractivity contribution in [3.8, 4) is 22.5 Å². The normalized spacial score (nSPS) is 21.1. The van der Waals surface area contributed by atoms with Crippen LogP contribution in [0.15, 0.2) is 121 Å². The van der Waals surface area contributed by atoms with Gasteiger partial charge in [-0.2, -0.15) is 0 Å². The highest BCUT2D eigenvalue weighted by atomic mass is 16.7. The first-order valence-corrected chi connectivity index (χ1v) is 17.1. The molecule has 2 fully saturated rings. The average Bonchev–Trinajstić information content (AvgIpc) is 3.51. The summed E-state index contributed by atoms with van der Waals surface area (Å²) in [5.41, 5.74) is 6.69. The minimum absolute atomic E-state index is 0.0802. The van der Waals surface area contributed by atoms with E-state index >= 15 is 0 Å². The lowest BCUT2D eigenvalue weighted by Crippen LogP contribution is -2.51. The van der Waals surface area contributed by atoms with Gasteiger partial charge in [-0.15, -0.1) is 0 Å². The van der Waals surface area contributed by atoms with Crippen LogP contribution >= 0.6 is 0 Å². The van der Waals surface area contributed by atoms with Gasteiger partial charge in [0.05, 0.1) is 24.6 Å². The van der Waals surface area contributed by atoms with Gasteiger partial charge in [0.25, 0.3) is 0 Å². The van der Waals surface area contributed by atoms with Crippen LogP contribution in [0, 0.1) is 11.3 Å². The quantitative estimate of drug-likeness (QED) is 0.157. The zero-order chi connectivity index (χ0) is 32.1. The molecule has 242 valence electrons. The van der Waals surface area contributed by atoms with Gasteiger partial charge in [0.2, 0.25) is 6.29 Å². The predicted octanol–water partition coefficient (Wildman–Crippen LogP) is 8.17. The molecule has 0 amide bonds. The molecule has 47 heavy (non-hydrogen) atoms. The van der Waals surface area contributed by atoms with Crippen LogP contribution in [0.3, 0.4) is 0 Å². The van der Waals surface area contributed by atoms with Crippen LogP contribution in [0.2, 0.25) is 0 Å². The average molecular weight is 627 g/mol. The highest BCUT2D eigenvalue weighted by molar-refractivity contribution is 5.79. The maximum absolute atomic E-state index is 6.71. The van der Waals surface area contributed by atoms with Crippen molar-refractivity contribution < 1.29 is 9.47 Å². The number of piperazine rings is 1. The molecule has 2 aliphatic heterocycles. The van der Waals surface area contributed by atoms with Gasteiger partial charge in [-0.05, 0) is 23.6 Å². The standard InChI is InChI=1S/C41H46N4O2/c1-3-35(29-43-24-26-44(27-25-43)36-22-14-7-15-23-36)41(2)30-46-40(47-31-41)39-42-37(33-18-10-5-11-19-33)38(34-20-12-6-13-21-34)45(39)28-32-16-8-4-9-17-32/h4-23,35,40H,3,24-31H2,1-2H3. The minimum Gasteiger partial charge on any atom is -0.369 e. The van der Waals surface area contributed by atoms with Crippen molar-refractivity contribution in [1.82, 2.24) is 14.5 Å². The molecule has 1 aromatic heterocycles. The van der Waals surface area contributed by atoms with Crippen LogP contribution in [0.1, 0.15) is 37.9 Å². The Balaban J connectivity index is 1.12. The first-order valence-electron chi connectivity index (χ1n) is 17.1. The number of hydrogen-bond acceptors (Lipinski definition) is 5. The fraction of sp³-hybridized carbons (Fsp3) is 0.341. The van der Waals surface area contributed by atoms with Gasteiger partial charge in [0.1, 0.15) is 0 Å². The number of nitrogens with zero attached hydrogens (tertiary/aromatic N) is 4. The fourth-order valence-electron chi connectivity index (χ4n) is 7.25. The molecule has 0 bridgehead atoms. The van der Waals surface area contributed by atoms with Gasteiger partial charge in [0.15, 0.2) is 5.82 Å². The monoisotopic (exact) mass is 626 g/mol. The SMILES string of the molecule is CCC(CN1CCN(c2ccccc2)CC1)C1(C)COC(c2nc(-c3ccccc3)c(-c3ccccc3)n2Cc2ccccc2)OC1. The highest BCUT2D eigenvalue weighted by Crippen LogP contribution is 2.42. The number of anilines is 1. The zero-order valence-corrected chi connectivity index (χ0v) is 27.7. The molecule has 6 nitrogen and oxygen atoms in total. The van der Waals surface area contributed by atoms with E-state index in [-0.39, 0.29) is 5.41 Å². The van der Waals surface area contributed by atoms with Crippen molar-refractivity contribution in [2.45, 2.75) is 33.1 Å². The van der Waals surface area contributed by atoms with E-state index in [9.17, 15) is 0 Å². The summed E-state index contributed by atoms with van der Waals surface area (Å²) in [4.78, 5) is 10.5. The molecule has 2 aliphatic rings. The Kier molecular flexibility index (Phi) is 9.52. The number of hydrogen-bond donors (Lipinski definition) is 0. The molecule has 5 aromatic rings. The van der Waals surface area contributed by atoms with E-state index in [2.05, 4.69) is 150 Å². The lowest BCUT2D eigenvalue weighted by atomic mass is 9.76. The van der Waals surface area contributed by atoms with E-state index in [4.69, 9.17) is 14.5 Å². The summed E-state index contributed by atoms with van der Waals surface area (Å²) in [5.74, 6) is 1.29. The molecule has 0 radical (unpaired) electrons. The summed E-state index contributed by atoms with van der Waals surface area (Å²) in [6.45, 7) is 11.9. The number of imidazole rings is 1. The first kappa shape index (κ1) is 31.4. The third-order valence-electron chi connectivity index (χ3n) is 10.1. The second-order valence-corrected chi connectivity index (χ2v) is 13.3. The lowest BCUT2D eigenvalue weighted by molar-refractivity contribution is -0.246. The molecule has 1 unspecified atom stereocenters. The topological polar surface area (TPSA) is 42.8 Å². The minimum atomic E-state index is -0.543. The van der Waals surface area contributed by atoms with Crippen molar-refractivity contribution in [3.05, 3.63) is 133 Å². The number of benzene rings is 4. The van der Waals surface area contributed by atoms with E-state index in [1.54, 1.807) is 0 Å². The number of ether oxygens (including phenoxy) is 2. The van der Waals surface area contributed by atoms with Gasteiger partial charge in [-0.25, -0.2) is 4.98 Å². The van der Waals surface area contributed by atoms with E-state index in [1.165, 1.54) is 11.3 Å². The third kappa shape index (κ3) is 6.91. The molecule has 6 heteroatoms. The molecule has 3 heterocycles. The largest absolute Gasteiger partial charge is 0.369 e. The Morgan fingerprint density at radius 1 is 0.723 bits per heavy atom. The van der Waals surface area contributed by atoms with Gasteiger partial charge >= 0.3 is 0 Å². The van der Waals surface area contributed by atoms with Gasteiger partial charge in [0, 0.05) is 61.5 Å². The van der Waals surface area contributed by atoms with Crippen molar-refractivity contribution in [1.29, 1.82) is 0 Å². The Bertz CT molecular complexity index is 1690. The maximum atomic E-state index is 6.71. The summed E-state index contributed by atoms with van der Waals surface area (Å²) < 4.78 is 15.7. The van der Waals surface area contributed by atoms with Gasteiger partial charge in [-0.1, -0.05) is 129 Å². The Hall–Kier alpha value is -4.23. The van der Waals surface area contributed by atoms with E-state index in [0.717, 1.165) is 67.5 Å². The summed E-state index contributed by atoms with van der Waals surface area (Å²) in [7, 11) is 0. The lowest BCUT2D eigenvalue weighted by Gasteiger charge is -2.45. The van der Waals surface area contributed by atoms with Gasteiger partial charge in [-0.3, -0.25) is 4.90 Å². The second kappa shape index (κ2) is 14.3. The molecule has 0 spiro atoms. The van der Waals surface area contributed by atoms with Crippen LogP contribution in [-0.2, 0) is 16.0 Å².